The lowest BCUT2D eigenvalue weighted by Gasteiger charge is -2.36. The van der Waals surface area contributed by atoms with Gasteiger partial charge in [0, 0.05) is 6.04 Å². The van der Waals surface area contributed by atoms with E-state index >= 15 is 0 Å². The molecule has 4 aliphatic rings. The Morgan fingerprint density at radius 1 is 0.973 bits per heavy atom. The van der Waals surface area contributed by atoms with E-state index in [1.54, 1.807) is 6.08 Å². The molecule has 204 valence electrons. The minimum absolute atomic E-state index is 0.0652. The van der Waals surface area contributed by atoms with Gasteiger partial charge in [0.15, 0.2) is 5.78 Å². The zero-order chi connectivity index (χ0) is 26.9. The standard InChI is InChI=1S/C28H42N4O5/c1-28(2,3)24(32-27(29)37)22(33)17-13-16-8-5-9-19(16)20(14-17)25(35)31-21(12-15-6-4-7-15)23(34)26(36)30-18-10-11-18/h14-16,18-21,24H,4-13H2,1-3H3,(H,30,36)(H,31,35)(H3,29,32,37)/t16-,19-,20-,21?,24+/m0/s1. The fourth-order valence-corrected chi connectivity index (χ4v) is 6.14. The van der Waals surface area contributed by atoms with Crippen LogP contribution in [0.1, 0.15) is 85.0 Å². The highest BCUT2D eigenvalue weighted by molar-refractivity contribution is 6.38. The van der Waals surface area contributed by atoms with Gasteiger partial charge in [-0.2, -0.15) is 0 Å². The Morgan fingerprint density at radius 2 is 1.65 bits per heavy atom. The maximum absolute atomic E-state index is 13.7. The molecule has 4 amide bonds. The van der Waals surface area contributed by atoms with Crippen LogP contribution in [0.3, 0.4) is 0 Å². The van der Waals surface area contributed by atoms with Crippen molar-refractivity contribution < 1.29 is 24.0 Å². The molecule has 0 bridgehead atoms. The average Bonchev–Trinajstić information content (AvgIpc) is 3.48. The molecule has 0 heterocycles. The Bertz CT molecular complexity index is 976. The van der Waals surface area contributed by atoms with Crippen molar-refractivity contribution in [2.75, 3.05) is 0 Å². The van der Waals surface area contributed by atoms with Crippen LogP contribution in [0.4, 0.5) is 4.79 Å². The summed E-state index contributed by atoms with van der Waals surface area (Å²) >= 11 is 0. The molecular formula is C28H42N4O5. The summed E-state index contributed by atoms with van der Waals surface area (Å²) in [5, 5.41) is 8.28. The van der Waals surface area contributed by atoms with Crippen LogP contribution < -0.4 is 21.7 Å². The fourth-order valence-electron chi connectivity index (χ4n) is 6.14. The molecule has 5 atom stereocenters. The molecule has 5 N–H and O–H groups in total. The van der Waals surface area contributed by atoms with Gasteiger partial charge in [0.25, 0.3) is 5.91 Å². The highest BCUT2D eigenvalue weighted by atomic mass is 16.2. The second-order valence-electron chi connectivity index (χ2n) is 12.7. The molecule has 9 heteroatoms. The van der Waals surface area contributed by atoms with Gasteiger partial charge in [-0.05, 0) is 67.3 Å². The van der Waals surface area contributed by atoms with Crippen LogP contribution in [0, 0.1) is 29.1 Å². The third-order valence-corrected chi connectivity index (χ3v) is 8.64. The predicted octanol–water partition coefficient (Wildman–Crippen LogP) is 2.52. The number of nitrogens with one attached hydrogen (secondary N) is 3. The zero-order valence-corrected chi connectivity index (χ0v) is 22.3. The summed E-state index contributed by atoms with van der Waals surface area (Å²) < 4.78 is 0. The molecule has 0 aromatic carbocycles. The van der Waals surface area contributed by atoms with Gasteiger partial charge in [0.1, 0.15) is 0 Å². The van der Waals surface area contributed by atoms with E-state index < -0.39 is 41.1 Å². The quantitative estimate of drug-likeness (QED) is 0.331. The van der Waals surface area contributed by atoms with Crippen molar-refractivity contribution in [3.8, 4) is 0 Å². The molecule has 0 aromatic heterocycles. The van der Waals surface area contributed by atoms with E-state index in [-0.39, 0.29) is 29.6 Å². The molecular weight excluding hydrogens is 472 g/mol. The number of carbonyl (C=O) groups excluding carboxylic acids is 5. The zero-order valence-electron chi connectivity index (χ0n) is 22.3. The molecule has 3 saturated carbocycles. The van der Waals surface area contributed by atoms with Crippen molar-refractivity contribution in [2.45, 2.75) is 103 Å². The SMILES string of the molecule is CC(C)(C)[C@H](NC(N)=O)C(=O)C1=C[C@H](C(=O)NC(CC2CCC2)C(=O)C(=O)NC2CC2)[C@H]2CCC[C@H]2C1. The van der Waals surface area contributed by atoms with Gasteiger partial charge in [-0.3, -0.25) is 19.2 Å². The number of Topliss-reactive ketones (excluding diaryl/α,β-unsaturated/α-hetero) is 2. The van der Waals surface area contributed by atoms with Crippen LogP contribution in [-0.2, 0) is 19.2 Å². The Kier molecular flexibility index (Phi) is 8.09. The van der Waals surface area contributed by atoms with E-state index in [2.05, 4.69) is 16.0 Å². The first kappa shape index (κ1) is 27.3. The molecule has 1 unspecified atom stereocenters. The summed E-state index contributed by atoms with van der Waals surface area (Å²) in [7, 11) is 0. The molecule has 0 aromatic rings. The van der Waals surface area contributed by atoms with E-state index in [0.29, 0.717) is 24.3 Å². The molecule has 4 rings (SSSR count). The van der Waals surface area contributed by atoms with Crippen LogP contribution in [0.5, 0.6) is 0 Å². The van der Waals surface area contributed by atoms with Gasteiger partial charge >= 0.3 is 6.03 Å². The normalized spacial score (nSPS) is 27.1. The molecule has 3 fully saturated rings. The lowest BCUT2D eigenvalue weighted by Crippen LogP contribution is -2.53. The summed E-state index contributed by atoms with van der Waals surface area (Å²) in [6, 6.07) is -2.36. The third kappa shape index (κ3) is 6.60. The van der Waals surface area contributed by atoms with Gasteiger partial charge < -0.3 is 21.7 Å². The van der Waals surface area contributed by atoms with Crippen molar-refractivity contribution in [3.63, 3.8) is 0 Å². The lowest BCUT2D eigenvalue weighted by molar-refractivity contribution is -0.141. The number of ketones is 2. The number of urea groups is 1. The highest BCUT2D eigenvalue weighted by Crippen LogP contribution is 2.46. The summed E-state index contributed by atoms with van der Waals surface area (Å²) in [6.45, 7) is 5.59. The summed E-state index contributed by atoms with van der Waals surface area (Å²) in [6.07, 6.45) is 10.4. The Balaban J connectivity index is 1.54. The maximum atomic E-state index is 13.7. The minimum Gasteiger partial charge on any atom is -0.352 e. The summed E-state index contributed by atoms with van der Waals surface area (Å²) in [4.78, 5) is 64.5. The molecule has 0 saturated heterocycles. The van der Waals surface area contributed by atoms with E-state index in [0.717, 1.165) is 51.4 Å². The molecule has 0 spiro atoms. The van der Waals surface area contributed by atoms with Crippen LogP contribution in [0.15, 0.2) is 11.6 Å². The molecule has 37 heavy (non-hydrogen) atoms. The molecule has 4 aliphatic carbocycles. The van der Waals surface area contributed by atoms with E-state index in [4.69, 9.17) is 5.73 Å². The second-order valence-corrected chi connectivity index (χ2v) is 12.7. The first-order chi connectivity index (χ1) is 17.4. The maximum Gasteiger partial charge on any atom is 0.312 e. The van der Waals surface area contributed by atoms with E-state index in [9.17, 15) is 24.0 Å². The predicted molar refractivity (Wildman–Crippen MR) is 138 cm³/mol. The lowest BCUT2D eigenvalue weighted by atomic mass is 9.71. The van der Waals surface area contributed by atoms with E-state index in [1.165, 1.54) is 0 Å². The number of hydrogen-bond acceptors (Lipinski definition) is 5. The average molecular weight is 515 g/mol. The number of amides is 4. The van der Waals surface area contributed by atoms with E-state index in [1.807, 2.05) is 20.8 Å². The summed E-state index contributed by atoms with van der Waals surface area (Å²) in [5.74, 6) is -1.67. The topological polar surface area (TPSA) is 147 Å². The Morgan fingerprint density at radius 3 is 2.22 bits per heavy atom. The van der Waals surface area contributed by atoms with Gasteiger partial charge in [0.2, 0.25) is 11.7 Å². The van der Waals surface area contributed by atoms with Gasteiger partial charge in [-0.1, -0.05) is 52.5 Å². The number of carbonyl (C=O) groups is 5. The van der Waals surface area contributed by atoms with Crippen LogP contribution in [0.25, 0.3) is 0 Å². The van der Waals surface area contributed by atoms with Gasteiger partial charge in [-0.15, -0.1) is 0 Å². The number of fused-ring (bicyclic) bond motifs is 1. The third-order valence-electron chi connectivity index (χ3n) is 8.64. The summed E-state index contributed by atoms with van der Waals surface area (Å²) in [5.41, 5.74) is 5.34. The monoisotopic (exact) mass is 514 g/mol. The highest BCUT2D eigenvalue weighted by Gasteiger charge is 2.44. The van der Waals surface area contributed by atoms with Crippen molar-refractivity contribution >= 4 is 29.4 Å². The number of rotatable bonds is 10. The number of hydrogen-bond donors (Lipinski definition) is 4. The van der Waals surface area contributed by atoms with Crippen molar-refractivity contribution in [1.82, 2.24) is 16.0 Å². The van der Waals surface area contributed by atoms with Crippen LogP contribution in [0.2, 0.25) is 0 Å². The van der Waals surface area contributed by atoms with Gasteiger partial charge in [0.05, 0.1) is 18.0 Å². The molecule has 0 radical (unpaired) electrons. The molecule has 9 nitrogen and oxygen atoms in total. The Hall–Kier alpha value is -2.71. The first-order valence-corrected chi connectivity index (χ1v) is 13.9. The second kappa shape index (κ2) is 11.0. The van der Waals surface area contributed by atoms with Crippen LogP contribution >= 0.6 is 0 Å². The minimum atomic E-state index is -0.857. The van der Waals surface area contributed by atoms with Crippen molar-refractivity contribution in [3.05, 3.63) is 11.6 Å². The number of primary amides is 1. The Labute approximate surface area is 219 Å². The fraction of sp³-hybridized carbons (Fsp3) is 0.750. The largest absolute Gasteiger partial charge is 0.352 e. The first-order valence-electron chi connectivity index (χ1n) is 13.9. The smallest absolute Gasteiger partial charge is 0.312 e. The van der Waals surface area contributed by atoms with Gasteiger partial charge in [-0.25, -0.2) is 4.79 Å². The molecule has 0 aliphatic heterocycles. The van der Waals surface area contributed by atoms with Crippen molar-refractivity contribution in [1.29, 1.82) is 0 Å². The number of nitrogens with two attached hydrogens (primary N) is 1. The van der Waals surface area contributed by atoms with Crippen molar-refractivity contribution in [2.24, 2.45) is 34.8 Å². The van der Waals surface area contributed by atoms with Crippen LogP contribution in [-0.4, -0.2) is 47.5 Å².